The summed E-state index contributed by atoms with van der Waals surface area (Å²) >= 11 is 0. The van der Waals surface area contributed by atoms with E-state index in [2.05, 4.69) is 95.1 Å². The van der Waals surface area contributed by atoms with Crippen LogP contribution in [-0.2, 0) is 11.8 Å². The molecule has 7 rings (SSSR count). The molecular formula is C38H35N5O3. The zero-order chi connectivity index (χ0) is 31.6. The van der Waals surface area contributed by atoms with E-state index in [0.717, 1.165) is 51.5 Å². The average molecular weight is 610 g/mol. The van der Waals surface area contributed by atoms with Crippen LogP contribution in [0, 0.1) is 0 Å². The number of ether oxygens (including phenoxy) is 2. The lowest BCUT2D eigenvalue weighted by atomic mass is 10.0. The molecule has 0 saturated heterocycles. The molecule has 6 aromatic rings. The first kappa shape index (κ1) is 29.2. The third-order valence-electron chi connectivity index (χ3n) is 8.48. The maximum absolute atomic E-state index is 13.0. The van der Waals surface area contributed by atoms with Crippen LogP contribution in [0.4, 0.5) is 0 Å². The van der Waals surface area contributed by atoms with Gasteiger partial charge in [-0.1, -0.05) is 78.0 Å². The summed E-state index contributed by atoms with van der Waals surface area (Å²) in [6, 6.07) is 35.2. The molecule has 1 fully saturated rings. The zero-order valence-corrected chi connectivity index (χ0v) is 26.1. The minimum absolute atomic E-state index is 0.0841. The van der Waals surface area contributed by atoms with Gasteiger partial charge in [-0.05, 0) is 78.4 Å². The molecule has 0 spiro atoms. The van der Waals surface area contributed by atoms with Crippen LogP contribution in [0.1, 0.15) is 65.5 Å². The van der Waals surface area contributed by atoms with Gasteiger partial charge in [-0.2, -0.15) is 5.10 Å². The van der Waals surface area contributed by atoms with E-state index < -0.39 is 0 Å². The van der Waals surface area contributed by atoms with E-state index in [4.69, 9.17) is 9.47 Å². The summed E-state index contributed by atoms with van der Waals surface area (Å²) in [5, 5.41) is 13.1. The molecular weight excluding hydrogens is 574 g/mol. The molecule has 8 nitrogen and oxygen atoms in total. The topological polar surface area (TPSA) is 84.1 Å². The fourth-order valence-corrected chi connectivity index (χ4v) is 6.09. The first-order chi connectivity index (χ1) is 22.5. The van der Waals surface area contributed by atoms with Crippen molar-refractivity contribution in [2.45, 2.75) is 38.2 Å². The van der Waals surface area contributed by atoms with E-state index in [0.29, 0.717) is 12.2 Å². The second kappa shape index (κ2) is 12.5. The monoisotopic (exact) mass is 609 g/mol. The number of esters is 1. The number of aromatic nitrogens is 5. The molecule has 2 aromatic heterocycles. The van der Waals surface area contributed by atoms with Crippen LogP contribution < -0.4 is 4.74 Å². The maximum Gasteiger partial charge on any atom is 0.341 e. The molecule has 3 atom stereocenters. The molecule has 0 aliphatic heterocycles. The van der Waals surface area contributed by atoms with Crippen LogP contribution in [0.25, 0.3) is 27.9 Å². The second-order valence-electron chi connectivity index (χ2n) is 11.7. The molecule has 0 radical (unpaired) electrons. The summed E-state index contributed by atoms with van der Waals surface area (Å²) in [4.78, 5) is 13.0. The third-order valence-corrected chi connectivity index (χ3v) is 8.48. The van der Waals surface area contributed by atoms with Gasteiger partial charge in [-0.3, -0.25) is 4.68 Å². The summed E-state index contributed by atoms with van der Waals surface area (Å²) in [7, 11) is 1.86. The van der Waals surface area contributed by atoms with Gasteiger partial charge in [-0.15, -0.1) is 5.10 Å². The second-order valence-corrected chi connectivity index (χ2v) is 11.7. The Bertz CT molecular complexity index is 2000. The van der Waals surface area contributed by atoms with Crippen molar-refractivity contribution in [3.8, 4) is 33.7 Å². The predicted octanol–water partition coefficient (Wildman–Crippen LogP) is 7.92. The van der Waals surface area contributed by atoms with Crippen LogP contribution in [0.2, 0.25) is 0 Å². The smallest absolute Gasteiger partial charge is 0.341 e. The minimum Gasteiger partial charge on any atom is -0.486 e. The maximum atomic E-state index is 13.0. The Morgan fingerprint density at radius 2 is 1.59 bits per heavy atom. The van der Waals surface area contributed by atoms with E-state index in [1.54, 1.807) is 10.9 Å². The lowest BCUT2D eigenvalue weighted by molar-refractivity contribution is 0.0525. The zero-order valence-electron chi connectivity index (χ0n) is 26.1. The Hall–Kier alpha value is -5.50. The highest BCUT2D eigenvalue weighted by Crippen LogP contribution is 2.55. The van der Waals surface area contributed by atoms with Gasteiger partial charge < -0.3 is 9.47 Å². The Labute approximate surface area is 268 Å². The Balaban J connectivity index is 1.15. The van der Waals surface area contributed by atoms with Crippen molar-refractivity contribution in [2.24, 2.45) is 7.05 Å². The summed E-state index contributed by atoms with van der Waals surface area (Å²) < 4.78 is 15.4. The molecule has 8 heteroatoms. The molecule has 1 saturated carbocycles. The Morgan fingerprint density at radius 3 is 2.35 bits per heavy atom. The molecule has 4 aromatic carbocycles. The molecule has 2 heterocycles. The van der Waals surface area contributed by atoms with Gasteiger partial charge in [0.25, 0.3) is 0 Å². The van der Waals surface area contributed by atoms with E-state index in [1.165, 1.54) is 5.56 Å². The molecule has 1 aliphatic carbocycles. The number of nitrogens with zero attached hydrogens (tertiary/aromatic N) is 5. The van der Waals surface area contributed by atoms with Crippen molar-refractivity contribution < 1.29 is 14.3 Å². The van der Waals surface area contributed by atoms with Crippen molar-refractivity contribution in [2.75, 3.05) is 6.61 Å². The number of carbonyl (C=O) groups excluding carboxylic acids is 1. The number of benzene rings is 4. The van der Waals surface area contributed by atoms with E-state index in [9.17, 15) is 4.79 Å². The summed E-state index contributed by atoms with van der Waals surface area (Å²) in [5.74, 6) is 0.679. The third kappa shape index (κ3) is 5.94. The van der Waals surface area contributed by atoms with Gasteiger partial charge in [0.15, 0.2) is 0 Å². The van der Waals surface area contributed by atoms with Crippen LogP contribution >= 0.6 is 0 Å². The SMILES string of the molecule is CCOC(=O)c1cnn(-c2cccc(-c3cccc(OC(C)c4cccc(-c5ccccc5)c4)c3)c2)c1[C@H]1C[C@@H]1c1cn(C)nn1. The standard InChI is InChI=1S/C38H35N5O3/c1-4-45-38(44)35-23-39-43(37(35)34-22-33(34)36-24-42(3)41-40-36)31-17-9-15-29(20-31)30-16-10-18-32(21-30)46-25(2)27-13-8-14-28(19-27)26-11-6-5-7-12-26/h5-21,23-25,33-34H,4,22H2,1-3H3/t25?,33-,34-/m0/s1. The first-order valence-corrected chi connectivity index (χ1v) is 15.6. The van der Waals surface area contributed by atoms with Gasteiger partial charge >= 0.3 is 5.97 Å². The first-order valence-electron chi connectivity index (χ1n) is 15.6. The molecule has 0 N–H and O–H groups in total. The van der Waals surface area contributed by atoms with Gasteiger partial charge in [0.2, 0.25) is 0 Å². The molecule has 0 amide bonds. The molecule has 46 heavy (non-hydrogen) atoms. The normalized spacial score (nSPS) is 16.2. The number of aryl methyl sites for hydroxylation is 1. The fraction of sp³-hybridized carbons (Fsp3) is 0.211. The summed E-state index contributed by atoms with van der Waals surface area (Å²) in [6.07, 6.45) is 4.28. The number of hydrogen-bond acceptors (Lipinski definition) is 6. The molecule has 1 aliphatic rings. The van der Waals surface area contributed by atoms with Crippen molar-refractivity contribution in [3.63, 3.8) is 0 Å². The molecule has 1 unspecified atom stereocenters. The van der Waals surface area contributed by atoms with Crippen molar-refractivity contribution in [3.05, 3.63) is 138 Å². The molecule has 230 valence electrons. The van der Waals surface area contributed by atoms with E-state index in [1.807, 2.05) is 55.2 Å². The van der Waals surface area contributed by atoms with Crippen molar-refractivity contribution in [1.29, 1.82) is 0 Å². The van der Waals surface area contributed by atoms with Gasteiger partial charge in [0.05, 0.1) is 29.9 Å². The Morgan fingerprint density at radius 1 is 0.870 bits per heavy atom. The summed E-state index contributed by atoms with van der Waals surface area (Å²) in [6.45, 7) is 4.18. The minimum atomic E-state index is -0.363. The lowest BCUT2D eigenvalue weighted by Crippen LogP contribution is -2.09. The van der Waals surface area contributed by atoms with Crippen LogP contribution in [-0.4, -0.2) is 37.4 Å². The lowest BCUT2D eigenvalue weighted by Gasteiger charge is -2.17. The largest absolute Gasteiger partial charge is 0.486 e. The van der Waals surface area contributed by atoms with Gasteiger partial charge in [0, 0.05) is 25.1 Å². The van der Waals surface area contributed by atoms with Crippen molar-refractivity contribution >= 4 is 5.97 Å². The number of rotatable bonds is 10. The highest BCUT2D eigenvalue weighted by atomic mass is 16.5. The van der Waals surface area contributed by atoms with Gasteiger partial charge in [0.1, 0.15) is 17.4 Å². The number of carbonyl (C=O) groups is 1. The van der Waals surface area contributed by atoms with E-state index in [-0.39, 0.29) is 23.9 Å². The Kier molecular flexibility index (Phi) is 7.93. The van der Waals surface area contributed by atoms with Gasteiger partial charge in [-0.25, -0.2) is 9.48 Å². The fourth-order valence-electron chi connectivity index (χ4n) is 6.09. The highest BCUT2D eigenvalue weighted by Gasteiger charge is 2.46. The average Bonchev–Trinajstić information content (AvgIpc) is 3.54. The van der Waals surface area contributed by atoms with Crippen LogP contribution in [0.15, 0.2) is 116 Å². The van der Waals surface area contributed by atoms with E-state index >= 15 is 0 Å². The number of hydrogen-bond donors (Lipinski definition) is 0. The van der Waals surface area contributed by atoms with Crippen LogP contribution in [0.5, 0.6) is 5.75 Å². The quantitative estimate of drug-likeness (QED) is 0.147. The van der Waals surface area contributed by atoms with Crippen LogP contribution in [0.3, 0.4) is 0 Å². The predicted molar refractivity (Wildman–Crippen MR) is 177 cm³/mol. The van der Waals surface area contributed by atoms with Crippen molar-refractivity contribution in [1.82, 2.24) is 24.8 Å². The highest BCUT2D eigenvalue weighted by molar-refractivity contribution is 5.91. The molecule has 0 bridgehead atoms. The summed E-state index contributed by atoms with van der Waals surface area (Å²) in [5.41, 5.74) is 8.61.